The molecule has 6 aromatic carbocycles. The fourth-order valence-electron chi connectivity index (χ4n) is 8.15. The van der Waals surface area contributed by atoms with Crippen LogP contribution < -0.4 is 0 Å². The van der Waals surface area contributed by atoms with Crippen LogP contribution in [0.1, 0.15) is 49.9 Å². The van der Waals surface area contributed by atoms with Crippen LogP contribution in [0.4, 0.5) is 0 Å². The van der Waals surface area contributed by atoms with Crippen LogP contribution in [-0.2, 0) is 10.8 Å². The minimum atomic E-state index is -0.0456. The first kappa shape index (κ1) is 23.1. The molecule has 0 aliphatic heterocycles. The average Bonchev–Trinajstić information content (AvgIpc) is 3.54. The summed E-state index contributed by atoms with van der Waals surface area (Å²) in [5, 5.41) is 5.22. The maximum Gasteiger partial charge on any atom is 0.0619 e. The Morgan fingerprint density at radius 3 is 1.95 bits per heavy atom. The van der Waals surface area contributed by atoms with Gasteiger partial charge in [0, 0.05) is 32.6 Å². The van der Waals surface area contributed by atoms with Crippen LogP contribution in [0, 0.1) is 0 Å². The van der Waals surface area contributed by atoms with Gasteiger partial charge in [-0.1, -0.05) is 119 Å². The Labute approximate surface area is 240 Å². The molecule has 2 aliphatic rings. The third kappa shape index (κ3) is 2.77. The summed E-state index contributed by atoms with van der Waals surface area (Å²) in [5.41, 5.74) is 14.8. The van der Waals surface area contributed by atoms with E-state index in [1.165, 1.54) is 82.8 Å². The van der Waals surface area contributed by atoms with Crippen molar-refractivity contribution in [1.29, 1.82) is 0 Å². The van der Waals surface area contributed by atoms with Crippen molar-refractivity contribution in [1.82, 2.24) is 4.57 Å². The standard InChI is InChI=1S/C40H31N/c1-39(2)32-16-9-6-14-28(32)37-33(39)17-11-19-36(37)41-35-18-10-7-13-26(35)27-21-20-24-22-30-25-12-5-8-15-31(25)40(3,4)34(30)23-29(24)38(27)41/h5-23H,1-4H3. The maximum atomic E-state index is 2.56. The SMILES string of the molecule is CC1(C)c2ccccc2-c2cc3ccc4c5ccccc5n(-c5cccc6c5-c5ccccc5C6(C)C)c4c3cc21. The van der Waals surface area contributed by atoms with Crippen molar-refractivity contribution in [2.45, 2.75) is 38.5 Å². The number of rotatable bonds is 1. The largest absolute Gasteiger partial charge is 0.308 e. The van der Waals surface area contributed by atoms with Gasteiger partial charge in [-0.15, -0.1) is 0 Å². The summed E-state index contributed by atoms with van der Waals surface area (Å²) in [5.74, 6) is 0. The molecular weight excluding hydrogens is 494 g/mol. The highest BCUT2D eigenvalue weighted by atomic mass is 15.0. The van der Waals surface area contributed by atoms with Crippen molar-refractivity contribution in [2.24, 2.45) is 0 Å². The van der Waals surface area contributed by atoms with Gasteiger partial charge in [-0.25, -0.2) is 0 Å². The minimum absolute atomic E-state index is 0.0423. The molecule has 0 spiro atoms. The average molecular weight is 526 g/mol. The van der Waals surface area contributed by atoms with E-state index >= 15 is 0 Å². The molecule has 1 aromatic heterocycles. The van der Waals surface area contributed by atoms with Crippen molar-refractivity contribution in [3.05, 3.63) is 138 Å². The first-order valence-corrected chi connectivity index (χ1v) is 14.7. The third-order valence-corrected chi connectivity index (χ3v) is 10.2. The fourth-order valence-corrected chi connectivity index (χ4v) is 8.15. The molecule has 1 heterocycles. The second-order valence-electron chi connectivity index (χ2n) is 13.0. The molecule has 7 aromatic rings. The number of para-hydroxylation sites is 1. The Bertz CT molecular complexity index is 2260. The molecule has 0 radical (unpaired) electrons. The van der Waals surface area contributed by atoms with Gasteiger partial charge in [0.2, 0.25) is 0 Å². The number of nitrogens with zero attached hydrogens (tertiary/aromatic N) is 1. The van der Waals surface area contributed by atoms with Crippen LogP contribution in [0.3, 0.4) is 0 Å². The van der Waals surface area contributed by atoms with Gasteiger partial charge >= 0.3 is 0 Å². The van der Waals surface area contributed by atoms with Gasteiger partial charge in [-0.3, -0.25) is 0 Å². The highest BCUT2D eigenvalue weighted by Gasteiger charge is 2.38. The van der Waals surface area contributed by atoms with Crippen molar-refractivity contribution >= 4 is 32.6 Å². The van der Waals surface area contributed by atoms with Crippen molar-refractivity contribution in [3.8, 4) is 27.9 Å². The van der Waals surface area contributed by atoms with E-state index in [4.69, 9.17) is 0 Å². The second kappa shape index (κ2) is 7.56. The summed E-state index contributed by atoms with van der Waals surface area (Å²) in [4.78, 5) is 0. The molecule has 1 heteroatoms. The molecule has 2 aliphatic carbocycles. The summed E-state index contributed by atoms with van der Waals surface area (Å²) in [6.07, 6.45) is 0. The number of fused-ring (bicyclic) bond motifs is 11. The predicted molar refractivity (Wildman–Crippen MR) is 173 cm³/mol. The molecule has 0 saturated carbocycles. The molecule has 9 rings (SSSR count). The van der Waals surface area contributed by atoms with Gasteiger partial charge in [0.1, 0.15) is 0 Å². The predicted octanol–water partition coefficient (Wildman–Crippen LogP) is 10.5. The van der Waals surface area contributed by atoms with E-state index in [-0.39, 0.29) is 10.8 Å². The summed E-state index contributed by atoms with van der Waals surface area (Å²) in [7, 11) is 0. The highest BCUT2D eigenvalue weighted by Crippen LogP contribution is 2.53. The van der Waals surface area contributed by atoms with E-state index in [1.807, 2.05) is 0 Å². The van der Waals surface area contributed by atoms with Crippen molar-refractivity contribution in [2.75, 3.05) is 0 Å². The molecule has 196 valence electrons. The monoisotopic (exact) mass is 525 g/mol. The Hall–Kier alpha value is -4.62. The Balaban J connectivity index is 1.45. The highest BCUT2D eigenvalue weighted by molar-refractivity contribution is 6.19. The lowest BCUT2D eigenvalue weighted by atomic mass is 9.82. The van der Waals surface area contributed by atoms with Gasteiger partial charge in [0.05, 0.1) is 16.7 Å². The van der Waals surface area contributed by atoms with Crippen LogP contribution in [0.15, 0.2) is 115 Å². The van der Waals surface area contributed by atoms with Gasteiger partial charge < -0.3 is 4.57 Å². The zero-order chi connectivity index (χ0) is 27.7. The lowest BCUT2D eigenvalue weighted by Crippen LogP contribution is -2.15. The second-order valence-corrected chi connectivity index (χ2v) is 13.0. The molecule has 0 saturated heterocycles. The molecule has 1 nitrogen and oxygen atoms in total. The Morgan fingerprint density at radius 1 is 0.463 bits per heavy atom. The van der Waals surface area contributed by atoms with Gasteiger partial charge in [-0.2, -0.15) is 0 Å². The lowest BCUT2D eigenvalue weighted by molar-refractivity contribution is 0.660. The Morgan fingerprint density at radius 2 is 1.12 bits per heavy atom. The number of hydrogen-bond acceptors (Lipinski definition) is 0. The summed E-state index contributed by atoms with van der Waals surface area (Å²) >= 11 is 0. The van der Waals surface area contributed by atoms with Crippen LogP contribution >= 0.6 is 0 Å². The quantitative estimate of drug-likeness (QED) is 0.201. The first-order valence-electron chi connectivity index (χ1n) is 14.7. The van der Waals surface area contributed by atoms with Crippen LogP contribution in [0.2, 0.25) is 0 Å². The molecule has 41 heavy (non-hydrogen) atoms. The number of benzene rings is 6. The molecule has 0 N–H and O–H groups in total. The summed E-state index contributed by atoms with van der Waals surface area (Å²) in [6, 6.07) is 43.4. The number of aromatic nitrogens is 1. The molecule has 0 amide bonds. The van der Waals surface area contributed by atoms with E-state index in [9.17, 15) is 0 Å². The van der Waals surface area contributed by atoms with Gasteiger partial charge in [0.15, 0.2) is 0 Å². The fraction of sp³-hybridized carbons (Fsp3) is 0.150. The topological polar surface area (TPSA) is 4.93 Å². The minimum Gasteiger partial charge on any atom is -0.308 e. The molecule has 0 fully saturated rings. The smallest absolute Gasteiger partial charge is 0.0619 e. The van der Waals surface area contributed by atoms with Crippen LogP contribution in [0.25, 0.3) is 60.5 Å². The van der Waals surface area contributed by atoms with Crippen LogP contribution in [-0.4, -0.2) is 4.57 Å². The zero-order valence-corrected chi connectivity index (χ0v) is 23.9. The van der Waals surface area contributed by atoms with Crippen LogP contribution in [0.5, 0.6) is 0 Å². The van der Waals surface area contributed by atoms with E-state index in [1.54, 1.807) is 0 Å². The molecule has 0 bridgehead atoms. The van der Waals surface area contributed by atoms with Gasteiger partial charge in [0.25, 0.3) is 0 Å². The first-order chi connectivity index (χ1) is 19.9. The zero-order valence-electron chi connectivity index (χ0n) is 23.9. The van der Waals surface area contributed by atoms with E-state index in [2.05, 4.69) is 148 Å². The van der Waals surface area contributed by atoms with Gasteiger partial charge in [-0.05, 0) is 68.6 Å². The normalized spacial score (nSPS) is 15.7. The third-order valence-electron chi connectivity index (χ3n) is 10.2. The maximum absolute atomic E-state index is 2.56. The molecule has 0 atom stereocenters. The van der Waals surface area contributed by atoms with E-state index in [0.717, 1.165) is 0 Å². The van der Waals surface area contributed by atoms with E-state index in [0.29, 0.717) is 0 Å². The molecule has 0 unspecified atom stereocenters. The summed E-state index contributed by atoms with van der Waals surface area (Å²) in [6.45, 7) is 9.49. The van der Waals surface area contributed by atoms with Crippen molar-refractivity contribution < 1.29 is 0 Å². The van der Waals surface area contributed by atoms with E-state index < -0.39 is 0 Å². The lowest BCUT2D eigenvalue weighted by Gasteiger charge is -2.22. The van der Waals surface area contributed by atoms with Crippen molar-refractivity contribution in [3.63, 3.8) is 0 Å². The Kier molecular flexibility index (Phi) is 4.26. The number of hydrogen-bond donors (Lipinski definition) is 0. The molecular formula is C40H31N. The summed E-state index contributed by atoms with van der Waals surface area (Å²) < 4.78 is 2.56.